The quantitative estimate of drug-likeness (QED) is 0.0930. The van der Waals surface area contributed by atoms with Gasteiger partial charge in [0.25, 0.3) is 0 Å². The van der Waals surface area contributed by atoms with Crippen LogP contribution in [0.25, 0.3) is 11.1 Å². The number of hydrogen-bond acceptors (Lipinski definition) is 5. The highest BCUT2D eigenvalue weighted by molar-refractivity contribution is 6.22. The Kier molecular flexibility index (Phi) is 15.3. The van der Waals surface area contributed by atoms with Crippen LogP contribution in [0.15, 0.2) is 42.5 Å². The first kappa shape index (κ1) is 34.8. The zero-order chi connectivity index (χ0) is 30.9. The Bertz CT molecular complexity index is 1120. The Labute approximate surface area is 261 Å². The van der Waals surface area contributed by atoms with Gasteiger partial charge in [-0.05, 0) is 38.8 Å². The Morgan fingerprint density at radius 1 is 0.721 bits per heavy atom. The Hall–Kier alpha value is -2.66. The van der Waals surface area contributed by atoms with Gasteiger partial charge in [0.15, 0.2) is 5.78 Å². The molecule has 0 bridgehead atoms. The summed E-state index contributed by atoms with van der Waals surface area (Å²) in [5, 5.41) is 3.45. The highest BCUT2D eigenvalue weighted by Gasteiger charge is 2.29. The van der Waals surface area contributed by atoms with Gasteiger partial charge in [-0.25, -0.2) is 0 Å². The maximum atomic E-state index is 12.9. The van der Waals surface area contributed by atoms with Crippen LogP contribution in [0.4, 0.5) is 0 Å². The number of nitrogens with one attached hydrogen (secondary N) is 1. The number of esters is 1. The highest BCUT2D eigenvalue weighted by Crippen LogP contribution is 2.42. The summed E-state index contributed by atoms with van der Waals surface area (Å²) < 4.78 is 12.1. The minimum atomic E-state index is -0.425. The van der Waals surface area contributed by atoms with Gasteiger partial charge in [-0.3, -0.25) is 9.59 Å². The molecule has 1 N–H and O–H groups in total. The number of carbonyl (C=O) groups excluding carboxylic acids is 2. The van der Waals surface area contributed by atoms with Crippen molar-refractivity contribution in [1.29, 1.82) is 0 Å². The molecule has 1 aliphatic rings. The molecular formula is C38H57NO4. The second kappa shape index (κ2) is 18.9. The summed E-state index contributed by atoms with van der Waals surface area (Å²) in [5.74, 6) is 0.504. The molecule has 0 radical (unpaired) electrons. The molecule has 5 nitrogen and oxygen atoms in total. The highest BCUT2D eigenvalue weighted by atomic mass is 16.6. The molecule has 3 rings (SSSR count). The van der Waals surface area contributed by atoms with Crippen LogP contribution in [0.2, 0.25) is 0 Å². The monoisotopic (exact) mass is 591 g/mol. The molecule has 0 heterocycles. The van der Waals surface area contributed by atoms with Crippen molar-refractivity contribution in [2.75, 3.05) is 13.2 Å². The summed E-state index contributed by atoms with van der Waals surface area (Å²) in [4.78, 5) is 25.7. The summed E-state index contributed by atoms with van der Waals surface area (Å²) in [6, 6.07) is 13.2. The average molecular weight is 592 g/mol. The van der Waals surface area contributed by atoms with E-state index in [1.54, 1.807) is 0 Å². The topological polar surface area (TPSA) is 64.6 Å². The van der Waals surface area contributed by atoms with E-state index >= 15 is 0 Å². The lowest BCUT2D eigenvalue weighted by Crippen LogP contribution is -2.44. The van der Waals surface area contributed by atoms with Gasteiger partial charge in [0.05, 0.1) is 0 Å². The van der Waals surface area contributed by atoms with Crippen LogP contribution in [-0.4, -0.2) is 36.5 Å². The second-order valence-corrected chi connectivity index (χ2v) is 13.3. The molecule has 1 unspecified atom stereocenters. The Morgan fingerprint density at radius 2 is 1.26 bits per heavy atom. The first-order valence-electron chi connectivity index (χ1n) is 17.1. The minimum Gasteiger partial charge on any atom is -0.489 e. The molecule has 1 aliphatic carbocycles. The van der Waals surface area contributed by atoms with Crippen molar-refractivity contribution in [3.63, 3.8) is 0 Å². The number of unbranched alkanes of at least 4 members (excludes halogenated alkanes) is 14. The number of rotatable bonds is 22. The molecule has 0 aliphatic heterocycles. The number of ether oxygens (including phenoxy) is 2. The summed E-state index contributed by atoms with van der Waals surface area (Å²) in [6.45, 7) is 9.27. The molecule has 1 atom stereocenters. The smallest absolute Gasteiger partial charge is 0.306 e. The molecule has 5 heteroatoms. The van der Waals surface area contributed by atoms with E-state index < -0.39 is 6.10 Å². The van der Waals surface area contributed by atoms with Crippen molar-refractivity contribution in [3.8, 4) is 16.9 Å². The van der Waals surface area contributed by atoms with Crippen LogP contribution < -0.4 is 10.1 Å². The van der Waals surface area contributed by atoms with E-state index in [0.29, 0.717) is 29.8 Å². The van der Waals surface area contributed by atoms with E-state index in [4.69, 9.17) is 9.47 Å². The molecule has 2 aromatic rings. The molecule has 238 valence electrons. The van der Waals surface area contributed by atoms with Gasteiger partial charge in [-0.2, -0.15) is 0 Å². The predicted molar refractivity (Wildman–Crippen MR) is 178 cm³/mol. The van der Waals surface area contributed by atoms with Crippen molar-refractivity contribution in [2.45, 2.75) is 142 Å². The van der Waals surface area contributed by atoms with Gasteiger partial charge in [-0.15, -0.1) is 0 Å². The van der Waals surface area contributed by atoms with E-state index in [0.717, 1.165) is 24.0 Å². The first-order valence-corrected chi connectivity index (χ1v) is 17.1. The zero-order valence-electron chi connectivity index (χ0n) is 27.5. The lowest BCUT2D eigenvalue weighted by molar-refractivity contribution is -0.150. The van der Waals surface area contributed by atoms with Crippen LogP contribution in [0.3, 0.4) is 0 Å². The van der Waals surface area contributed by atoms with Gasteiger partial charge in [0.1, 0.15) is 18.5 Å². The Morgan fingerprint density at radius 3 is 1.84 bits per heavy atom. The fraction of sp³-hybridized carbons (Fsp3) is 0.632. The minimum absolute atomic E-state index is 0.0249. The van der Waals surface area contributed by atoms with Crippen molar-refractivity contribution < 1.29 is 19.1 Å². The van der Waals surface area contributed by atoms with Crippen LogP contribution in [0.1, 0.15) is 146 Å². The fourth-order valence-electron chi connectivity index (χ4n) is 5.79. The summed E-state index contributed by atoms with van der Waals surface area (Å²) >= 11 is 0. The lowest BCUT2D eigenvalue weighted by Gasteiger charge is -2.26. The predicted octanol–water partition coefficient (Wildman–Crippen LogP) is 9.84. The van der Waals surface area contributed by atoms with Gasteiger partial charge in [0.2, 0.25) is 0 Å². The van der Waals surface area contributed by atoms with Crippen LogP contribution in [-0.2, 0) is 9.53 Å². The third-order valence-corrected chi connectivity index (χ3v) is 8.28. The van der Waals surface area contributed by atoms with E-state index in [9.17, 15) is 9.59 Å². The largest absolute Gasteiger partial charge is 0.489 e. The van der Waals surface area contributed by atoms with Crippen LogP contribution >= 0.6 is 0 Å². The number of ketones is 1. The molecule has 43 heavy (non-hydrogen) atoms. The SMILES string of the molecule is CCCCCCCCCCCCCCCCCC(=O)OC(CNC(C)(C)C)COc1cccc2c1-c1ccccc1C2=O. The Balaban J connectivity index is 1.35. The molecular weight excluding hydrogens is 534 g/mol. The van der Waals surface area contributed by atoms with E-state index in [2.05, 4.69) is 33.0 Å². The van der Waals surface area contributed by atoms with Crippen molar-refractivity contribution in [3.05, 3.63) is 53.6 Å². The third kappa shape index (κ3) is 12.5. The average Bonchev–Trinajstić information content (AvgIpc) is 3.28. The molecule has 0 saturated heterocycles. The maximum Gasteiger partial charge on any atom is 0.306 e. The fourth-order valence-corrected chi connectivity index (χ4v) is 5.79. The molecule has 0 aromatic heterocycles. The van der Waals surface area contributed by atoms with E-state index in [1.165, 1.54) is 83.5 Å². The summed E-state index contributed by atoms with van der Waals surface area (Å²) in [5.41, 5.74) is 2.98. The van der Waals surface area contributed by atoms with Gasteiger partial charge in [-0.1, -0.05) is 133 Å². The number of fused-ring (bicyclic) bond motifs is 3. The number of hydrogen-bond donors (Lipinski definition) is 1. The molecule has 0 spiro atoms. The molecule has 0 amide bonds. The van der Waals surface area contributed by atoms with Crippen LogP contribution in [0, 0.1) is 0 Å². The van der Waals surface area contributed by atoms with Crippen molar-refractivity contribution in [2.24, 2.45) is 0 Å². The normalized spacial score (nSPS) is 13.1. The number of benzene rings is 2. The summed E-state index contributed by atoms with van der Waals surface area (Å²) in [7, 11) is 0. The molecule has 0 saturated carbocycles. The first-order chi connectivity index (χ1) is 20.8. The van der Waals surface area contributed by atoms with Crippen LogP contribution in [0.5, 0.6) is 5.75 Å². The molecule has 0 fully saturated rings. The van der Waals surface area contributed by atoms with E-state index in [-0.39, 0.29) is 23.9 Å². The molecule has 2 aromatic carbocycles. The van der Waals surface area contributed by atoms with Gasteiger partial charge < -0.3 is 14.8 Å². The van der Waals surface area contributed by atoms with Crippen molar-refractivity contribution >= 4 is 11.8 Å². The third-order valence-electron chi connectivity index (χ3n) is 8.28. The zero-order valence-corrected chi connectivity index (χ0v) is 27.5. The standard InChI is InChI=1S/C38H57NO4/c1-5-6-7-8-9-10-11-12-13-14-15-16-17-18-19-27-35(40)43-30(28-39-38(2,3)4)29-42-34-26-22-25-33-36(34)31-23-20-21-24-32(31)37(33)41/h20-26,30,39H,5-19,27-29H2,1-4H3. The van der Waals surface area contributed by atoms with Gasteiger partial charge in [0, 0.05) is 35.2 Å². The second-order valence-electron chi connectivity index (χ2n) is 13.3. The summed E-state index contributed by atoms with van der Waals surface area (Å²) in [6.07, 6.45) is 19.5. The number of carbonyl (C=O) groups is 2. The lowest BCUT2D eigenvalue weighted by atomic mass is 10.0. The van der Waals surface area contributed by atoms with E-state index in [1.807, 2.05) is 42.5 Å². The maximum absolute atomic E-state index is 12.9. The van der Waals surface area contributed by atoms with Crippen molar-refractivity contribution in [1.82, 2.24) is 5.32 Å². The van der Waals surface area contributed by atoms with Gasteiger partial charge >= 0.3 is 5.97 Å².